The summed E-state index contributed by atoms with van der Waals surface area (Å²) in [5.41, 5.74) is 1.57. The van der Waals surface area contributed by atoms with Gasteiger partial charge in [0.1, 0.15) is 5.60 Å². The molecular formula is C21H37N5O2. The number of unbranched alkanes of at least 4 members (excludes halogenated alkanes) is 1. The summed E-state index contributed by atoms with van der Waals surface area (Å²) >= 11 is 0. The summed E-state index contributed by atoms with van der Waals surface area (Å²) in [5.74, 6) is 0.722. The monoisotopic (exact) mass is 391 g/mol. The van der Waals surface area contributed by atoms with E-state index < -0.39 is 11.7 Å². The van der Waals surface area contributed by atoms with Gasteiger partial charge in [0.2, 0.25) is 0 Å². The average Bonchev–Trinajstić information content (AvgIpc) is 2.61. The number of nitrogens with zero attached hydrogens (tertiary/aromatic N) is 2. The number of carbonyl (C=O) groups excluding carboxylic acids is 1. The van der Waals surface area contributed by atoms with E-state index in [0.717, 1.165) is 43.0 Å². The van der Waals surface area contributed by atoms with E-state index in [-0.39, 0.29) is 6.04 Å². The van der Waals surface area contributed by atoms with Gasteiger partial charge in [0, 0.05) is 25.3 Å². The van der Waals surface area contributed by atoms with Gasteiger partial charge in [-0.15, -0.1) is 0 Å². The molecule has 0 fully saturated rings. The number of hydrogen-bond donors (Lipinski definition) is 3. The topological polar surface area (TPSA) is 87.6 Å². The molecule has 1 aromatic heterocycles. The SMILES string of the molecule is CCCCC(CNC(=O)OC(C)(C)C)NC(=NCc1ncccc1C)NCC. The Kier molecular flexibility index (Phi) is 10.3. The standard InChI is InChI=1S/C21H37N5O2/c1-7-9-12-17(14-25-20(27)28-21(4,5)6)26-19(22-8-2)24-15-18-16(3)11-10-13-23-18/h10-11,13,17H,7-9,12,14-15H2,1-6H3,(H,25,27)(H2,22,24,26). The van der Waals surface area contributed by atoms with E-state index in [1.54, 1.807) is 6.20 Å². The summed E-state index contributed by atoms with van der Waals surface area (Å²) in [6.45, 7) is 13.5. The number of aryl methyl sites for hydroxylation is 1. The van der Waals surface area contributed by atoms with E-state index in [9.17, 15) is 4.79 Å². The highest BCUT2D eigenvalue weighted by Crippen LogP contribution is 2.07. The van der Waals surface area contributed by atoms with Crippen LogP contribution >= 0.6 is 0 Å². The molecule has 1 unspecified atom stereocenters. The van der Waals surface area contributed by atoms with Gasteiger partial charge in [0.05, 0.1) is 12.2 Å². The summed E-state index contributed by atoms with van der Waals surface area (Å²) in [4.78, 5) is 21.0. The Balaban J connectivity index is 2.73. The molecule has 0 aliphatic heterocycles. The molecule has 0 saturated heterocycles. The fraction of sp³-hybridized carbons (Fsp3) is 0.667. The van der Waals surface area contributed by atoms with Crippen LogP contribution in [0.15, 0.2) is 23.3 Å². The molecule has 7 heteroatoms. The fourth-order valence-electron chi connectivity index (χ4n) is 2.55. The summed E-state index contributed by atoms with van der Waals surface area (Å²) < 4.78 is 5.33. The maximum Gasteiger partial charge on any atom is 0.407 e. The molecule has 0 aliphatic carbocycles. The number of alkyl carbamates (subject to hydrolysis) is 1. The number of amides is 1. The molecule has 0 aliphatic rings. The zero-order valence-corrected chi connectivity index (χ0v) is 18.3. The lowest BCUT2D eigenvalue weighted by molar-refractivity contribution is 0.0523. The quantitative estimate of drug-likeness (QED) is 0.443. The van der Waals surface area contributed by atoms with Crippen LogP contribution in [0.25, 0.3) is 0 Å². The molecule has 0 radical (unpaired) electrons. The molecule has 3 N–H and O–H groups in total. The van der Waals surface area contributed by atoms with Gasteiger partial charge >= 0.3 is 6.09 Å². The Hall–Kier alpha value is -2.31. The van der Waals surface area contributed by atoms with Gasteiger partial charge < -0.3 is 20.7 Å². The first-order chi connectivity index (χ1) is 13.2. The Morgan fingerprint density at radius 2 is 2.04 bits per heavy atom. The van der Waals surface area contributed by atoms with Gasteiger partial charge in [-0.2, -0.15) is 0 Å². The van der Waals surface area contributed by atoms with Crippen LogP contribution in [0.3, 0.4) is 0 Å². The Morgan fingerprint density at radius 3 is 2.64 bits per heavy atom. The fourth-order valence-corrected chi connectivity index (χ4v) is 2.55. The van der Waals surface area contributed by atoms with Gasteiger partial charge in [-0.1, -0.05) is 25.8 Å². The summed E-state index contributed by atoms with van der Waals surface area (Å²) in [5, 5.41) is 9.57. The molecule has 28 heavy (non-hydrogen) atoms. The predicted octanol–water partition coefficient (Wildman–Crippen LogP) is 3.53. The Morgan fingerprint density at radius 1 is 1.29 bits per heavy atom. The minimum Gasteiger partial charge on any atom is -0.444 e. The number of hydrogen-bond acceptors (Lipinski definition) is 4. The largest absolute Gasteiger partial charge is 0.444 e. The molecule has 0 bridgehead atoms. The number of ether oxygens (including phenoxy) is 1. The van der Waals surface area contributed by atoms with Crippen molar-refractivity contribution >= 4 is 12.1 Å². The zero-order chi connectivity index (χ0) is 21.0. The number of nitrogens with one attached hydrogen (secondary N) is 3. The maximum atomic E-state index is 12.0. The van der Waals surface area contributed by atoms with Crippen LogP contribution < -0.4 is 16.0 Å². The molecule has 0 aromatic carbocycles. The van der Waals surface area contributed by atoms with E-state index >= 15 is 0 Å². The van der Waals surface area contributed by atoms with Crippen molar-refractivity contribution in [2.45, 2.75) is 79.0 Å². The zero-order valence-electron chi connectivity index (χ0n) is 18.3. The van der Waals surface area contributed by atoms with Crippen molar-refractivity contribution in [1.82, 2.24) is 20.9 Å². The van der Waals surface area contributed by atoms with Crippen molar-refractivity contribution in [1.29, 1.82) is 0 Å². The van der Waals surface area contributed by atoms with Crippen LogP contribution in [0, 0.1) is 6.92 Å². The van der Waals surface area contributed by atoms with Crippen LogP contribution in [0.1, 0.15) is 65.1 Å². The molecule has 1 rings (SSSR count). The second-order valence-corrected chi connectivity index (χ2v) is 7.83. The Bertz CT molecular complexity index is 625. The second kappa shape index (κ2) is 12.2. The van der Waals surface area contributed by atoms with Crippen molar-refractivity contribution in [3.63, 3.8) is 0 Å². The molecule has 7 nitrogen and oxygen atoms in total. The molecule has 0 spiro atoms. The van der Waals surface area contributed by atoms with Crippen LogP contribution in [-0.2, 0) is 11.3 Å². The predicted molar refractivity (Wildman–Crippen MR) is 114 cm³/mol. The lowest BCUT2D eigenvalue weighted by Gasteiger charge is -2.24. The van der Waals surface area contributed by atoms with E-state index in [2.05, 4.69) is 32.9 Å². The van der Waals surface area contributed by atoms with E-state index in [1.165, 1.54) is 0 Å². The van der Waals surface area contributed by atoms with E-state index in [0.29, 0.717) is 13.1 Å². The van der Waals surface area contributed by atoms with Gasteiger partial charge in [0.15, 0.2) is 5.96 Å². The summed E-state index contributed by atoms with van der Waals surface area (Å²) in [6, 6.07) is 4.03. The molecular weight excluding hydrogens is 354 g/mol. The van der Waals surface area contributed by atoms with Crippen LogP contribution in [-0.4, -0.2) is 41.8 Å². The molecule has 1 atom stereocenters. The van der Waals surface area contributed by atoms with Crippen molar-refractivity contribution in [3.05, 3.63) is 29.6 Å². The first kappa shape index (κ1) is 23.7. The van der Waals surface area contributed by atoms with Crippen LogP contribution in [0.2, 0.25) is 0 Å². The first-order valence-corrected chi connectivity index (χ1v) is 10.2. The number of pyridine rings is 1. The Labute approximate surface area is 169 Å². The molecule has 1 aromatic rings. The van der Waals surface area contributed by atoms with Gasteiger partial charge in [-0.25, -0.2) is 9.79 Å². The van der Waals surface area contributed by atoms with Crippen molar-refractivity contribution in [2.24, 2.45) is 4.99 Å². The van der Waals surface area contributed by atoms with Gasteiger partial charge in [0.25, 0.3) is 0 Å². The van der Waals surface area contributed by atoms with Crippen molar-refractivity contribution in [2.75, 3.05) is 13.1 Å². The normalized spacial score (nSPS) is 13.0. The highest BCUT2D eigenvalue weighted by Gasteiger charge is 2.18. The molecule has 158 valence electrons. The molecule has 0 saturated carbocycles. The summed E-state index contributed by atoms with van der Waals surface area (Å²) in [7, 11) is 0. The number of aliphatic imine (C=N–C) groups is 1. The number of aromatic nitrogens is 1. The minimum absolute atomic E-state index is 0.0649. The number of rotatable bonds is 9. The maximum absolute atomic E-state index is 12.0. The average molecular weight is 392 g/mol. The molecule has 1 amide bonds. The van der Waals surface area contributed by atoms with Crippen LogP contribution in [0.4, 0.5) is 4.79 Å². The minimum atomic E-state index is -0.507. The third-order valence-electron chi connectivity index (χ3n) is 3.99. The van der Waals surface area contributed by atoms with Crippen molar-refractivity contribution < 1.29 is 9.53 Å². The highest BCUT2D eigenvalue weighted by molar-refractivity contribution is 5.80. The first-order valence-electron chi connectivity index (χ1n) is 10.2. The van der Waals surface area contributed by atoms with Gasteiger partial charge in [-0.05, 0) is 52.7 Å². The summed E-state index contributed by atoms with van der Waals surface area (Å²) in [6.07, 6.45) is 4.46. The highest BCUT2D eigenvalue weighted by atomic mass is 16.6. The molecule has 1 heterocycles. The lowest BCUT2D eigenvalue weighted by Crippen LogP contribution is -2.49. The van der Waals surface area contributed by atoms with Gasteiger partial charge in [-0.3, -0.25) is 4.98 Å². The number of carbonyl (C=O) groups is 1. The number of guanidine groups is 1. The lowest BCUT2D eigenvalue weighted by atomic mass is 10.1. The van der Waals surface area contributed by atoms with Crippen molar-refractivity contribution in [3.8, 4) is 0 Å². The smallest absolute Gasteiger partial charge is 0.407 e. The van der Waals surface area contributed by atoms with E-state index in [4.69, 9.17) is 4.74 Å². The second-order valence-electron chi connectivity index (χ2n) is 7.83. The third-order valence-corrected chi connectivity index (χ3v) is 3.99. The van der Waals surface area contributed by atoms with E-state index in [1.807, 2.05) is 46.8 Å². The third kappa shape index (κ3) is 10.1. The van der Waals surface area contributed by atoms with Crippen LogP contribution in [0.5, 0.6) is 0 Å².